The zero-order valence-electron chi connectivity index (χ0n) is 13.7. The summed E-state index contributed by atoms with van der Waals surface area (Å²) >= 11 is 1.67. The summed E-state index contributed by atoms with van der Waals surface area (Å²) in [6.07, 6.45) is 0.863. The van der Waals surface area contributed by atoms with E-state index in [4.69, 9.17) is 4.42 Å². The van der Waals surface area contributed by atoms with Crippen LogP contribution in [0.2, 0.25) is 0 Å². The summed E-state index contributed by atoms with van der Waals surface area (Å²) in [6, 6.07) is 9.64. The average molecular weight is 346 g/mol. The Hall–Kier alpha value is -1.89. The SMILES string of the molecule is CCC(CO)N(CCn1c(=O)oc2ccccc21)Cc1ccsc1. The molecule has 5 nitrogen and oxygen atoms in total. The Morgan fingerprint density at radius 1 is 1.33 bits per heavy atom. The van der Waals surface area contributed by atoms with Crippen LogP contribution in [0.15, 0.2) is 50.3 Å². The number of benzene rings is 1. The molecule has 128 valence electrons. The summed E-state index contributed by atoms with van der Waals surface area (Å²) in [5.74, 6) is -0.330. The van der Waals surface area contributed by atoms with Crippen LogP contribution >= 0.6 is 11.3 Å². The molecule has 0 aliphatic rings. The fourth-order valence-electron chi connectivity index (χ4n) is 2.96. The predicted molar refractivity (Wildman–Crippen MR) is 96.4 cm³/mol. The number of fused-ring (bicyclic) bond motifs is 1. The first-order valence-corrected chi connectivity index (χ1v) is 9.11. The Morgan fingerprint density at radius 2 is 2.17 bits per heavy atom. The number of nitrogens with zero attached hydrogens (tertiary/aromatic N) is 2. The van der Waals surface area contributed by atoms with Crippen LogP contribution in [0, 0.1) is 0 Å². The van der Waals surface area contributed by atoms with Crippen molar-refractivity contribution in [1.82, 2.24) is 9.47 Å². The van der Waals surface area contributed by atoms with Crippen LogP contribution in [0.3, 0.4) is 0 Å². The molecule has 1 N–H and O–H groups in total. The zero-order chi connectivity index (χ0) is 16.9. The summed E-state index contributed by atoms with van der Waals surface area (Å²) < 4.78 is 6.96. The third-order valence-electron chi connectivity index (χ3n) is 4.35. The van der Waals surface area contributed by atoms with Gasteiger partial charge in [0.05, 0.1) is 12.1 Å². The van der Waals surface area contributed by atoms with E-state index in [2.05, 4.69) is 28.7 Å². The van der Waals surface area contributed by atoms with E-state index in [9.17, 15) is 9.90 Å². The maximum absolute atomic E-state index is 12.1. The van der Waals surface area contributed by atoms with E-state index in [1.165, 1.54) is 5.56 Å². The number of hydrogen-bond donors (Lipinski definition) is 1. The number of para-hydroxylation sites is 2. The highest BCUT2D eigenvalue weighted by Gasteiger charge is 2.18. The lowest BCUT2D eigenvalue weighted by Gasteiger charge is -2.29. The van der Waals surface area contributed by atoms with Crippen LogP contribution in [0.1, 0.15) is 18.9 Å². The molecule has 3 aromatic rings. The fraction of sp³-hybridized carbons (Fsp3) is 0.389. The molecule has 0 saturated heterocycles. The Bertz CT molecular complexity index is 818. The van der Waals surface area contributed by atoms with E-state index < -0.39 is 0 Å². The average Bonchev–Trinajstić information content (AvgIpc) is 3.20. The van der Waals surface area contributed by atoms with Crippen molar-refractivity contribution in [3.63, 3.8) is 0 Å². The second-order valence-corrected chi connectivity index (χ2v) is 6.61. The quantitative estimate of drug-likeness (QED) is 0.681. The van der Waals surface area contributed by atoms with E-state index in [0.717, 1.165) is 18.5 Å². The van der Waals surface area contributed by atoms with Gasteiger partial charge in [-0.05, 0) is 40.9 Å². The summed E-state index contributed by atoms with van der Waals surface area (Å²) in [7, 11) is 0. The molecule has 0 amide bonds. The van der Waals surface area contributed by atoms with E-state index in [1.807, 2.05) is 18.2 Å². The topological polar surface area (TPSA) is 58.6 Å². The molecule has 6 heteroatoms. The number of hydrogen-bond acceptors (Lipinski definition) is 5. The highest BCUT2D eigenvalue weighted by molar-refractivity contribution is 7.07. The molecule has 24 heavy (non-hydrogen) atoms. The molecule has 1 unspecified atom stereocenters. The van der Waals surface area contributed by atoms with Crippen molar-refractivity contribution in [2.75, 3.05) is 13.2 Å². The van der Waals surface area contributed by atoms with Crippen molar-refractivity contribution >= 4 is 22.4 Å². The molecule has 0 bridgehead atoms. The molecule has 1 atom stereocenters. The van der Waals surface area contributed by atoms with Gasteiger partial charge in [0.25, 0.3) is 0 Å². The smallest absolute Gasteiger partial charge is 0.408 e. The Kier molecular flexibility index (Phi) is 5.50. The van der Waals surface area contributed by atoms with E-state index in [1.54, 1.807) is 22.0 Å². The van der Waals surface area contributed by atoms with Gasteiger partial charge in [-0.25, -0.2) is 4.79 Å². The van der Waals surface area contributed by atoms with Gasteiger partial charge >= 0.3 is 5.76 Å². The number of oxazole rings is 1. The lowest BCUT2D eigenvalue weighted by Crippen LogP contribution is -2.39. The van der Waals surface area contributed by atoms with Gasteiger partial charge < -0.3 is 9.52 Å². The van der Waals surface area contributed by atoms with E-state index in [-0.39, 0.29) is 18.4 Å². The fourth-order valence-corrected chi connectivity index (χ4v) is 3.62. The lowest BCUT2D eigenvalue weighted by atomic mass is 10.1. The highest BCUT2D eigenvalue weighted by atomic mass is 32.1. The van der Waals surface area contributed by atoms with E-state index in [0.29, 0.717) is 18.7 Å². The number of rotatable bonds is 8. The Morgan fingerprint density at radius 3 is 2.88 bits per heavy atom. The molecule has 0 radical (unpaired) electrons. The minimum atomic E-state index is -0.330. The molecule has 0 aliphatic carbocycles. The summed E-state index contributed by atoms with van der Waals surface area (Å²) in [4.78, 5) is 14.3. The molecular weight excluding hydrogens is 324 g/mol. The molecule has 0 saturated carbocycles. The van der Waals surface area contributed by atoms with Gasteiger partial charge in [0.2, 0.25) is 0 Å². The van der Waals surface area contributed by atoms with Gasteiger partial charge in [0, 0.05) is 25.7 Å². The van der Waals surface area contributed by atoms with Crippen molar-refractivity contribution in [2.45, 2.75) is 32.5 Å². The molecular formula is C18H22N2O3S. The van der Waals surface area contributed by atoms with Crippen LogP contribution < -0.4 is 5.76 Å². The standard InChI is InChI=1S/C18H22N2O3S/c1-2-15(12-21)19(11-14-7-10-24-13-14)8-9-20-16-5-3-4-6-17(16)23-18(20)22/h3-7,10,13,15,21H,2,8-9,11-12H2,1H3. The minimum absolute atomic E-state index is 0.0822. The van der Waals surface area contributed by atoms with Crippen molar-refractivity contribution in [3.8, 4) is 0 Å². The first kappa shape index (κ1) is 17.0. The van der Waals surface area contributed by atoms with Crippen LogP contribution in [-0.4, -0.2) is 33.8 Å². The lowest BCUT2D eigenvalue weighted by molar-refractivity contribution is 0.109. The highest BCUT2D eigenvalue weighted by Crippen LogP contribution is 2.15. The Balaban J connectivity index is 1.79. The van der Waals surface area contributed by atoms with Gasteiger partial charge in [-0.2, -0.15) is 11.3 Å². The van der Waals surface area contributed by atoms with Crippen molar-refractivity contribution < 1.29 is 9.52 Å². The maximum atomic E-state index is 12.1. The monoisotopic (exact) mass is 346 g/mol. The zero-order valence-corrected chi connectivity index (χ0v) is 14.5. The maximum Gasteiger partial charge on any atom is 0.419 e. The first-order valence-electron chi connectivity index (χ1n) is 8.17. The molecule has 0 aliphatic heterocycles. The molecule has 0 fully saturated rings. The summed E-state index contributed by atoms with van der Waals surface area (Å²) in [6.45, 7) is 4.17. The normalized spacial score (nSPS) is 13.0. The summed E-state index contributed by atoms with van der Waals surface area (Å²) in [5.41, 5.74) is 2.66. The number of thiophene rings is 1. The molecule has 3 rings (SSSR count). The minimum Gasteiger partial charge on any atom is -0.408 e. The van der Waals surface area contributed by atoms with Crippen molar-refractivity contribution in [1.29, 1.82) is 0 Å². The Labute approximate surface area is 144 Å². The van der Waals surface area contributed by atoms with Gasteiger partial charge in [0.15, 0.2) is 5.58 Å². The van der Waals surface area contributed by atoms with Crippen LogP contribution in [-0.2, 0) is 13.1 Å². The second-order valence-electron chi connectivity index (χ2n) is 5.83. The van der Waals surface area contributed by atoms with Crippen molar-refractivity contribution in [3.05, 3.63) is 57.2 Å². The summed E-state index contributed by atoms with van der Waals surface area (Å²) in [5, 5.41) is 13.9. The van der Waals surface area contributed by atoms with E-state index >= 15 is 0 Å². The molecule has 1 aromatic carbocycles. The van der Waals surface area contributed by atoms with Gasteiger partial charge in [0.1, 0.15) is 0 Å². The van der Waals surface area contributed by atoms with Gasteiger partial charge in [-0.1, -0.05) is 19.1 Å². The third-order valence-corrected chi connectivity index (χ3v) is 5.08. The third kappa shape index (κ3) is 3.61. The van der Waals surface area contributed by atoms with Gasteiger partial charge in [-0.3, -0.25) is 9.47 Å². The van der Waals surface area contributed by atoms with Crippen LogP contribution in [0.25, 0.3) is 11.1 Å². The number of aromatic nitrogens is 1. The van der Waals surface area contributed by atoms with Crippen molar-refractivity contribution in [2.24, 2.45) is 0 Å². The molecule has 2 aromatic heterocycles. The number of aliphatic hydroxyl groups excluding tert-OH is 1. The number of aliphatic hydroxyl groups is 1. The predicted octanol–water partition coefficient (Wildman–Crippen LogP) is 2.93. The second kappa shape index (κ2) is 7.79. The van der Waals surface area contributed by atoms with Gasteiger partial charge in [-0.15, -0.1) is 0 Å². The molecule has 2 heterocycles. The molecule has 0 spiro atoms. The largest absolute Gasteiger partial charge is 0.419 e. The van der Waals surface area contributed by atoms with Crippen LogP contribution in [0.5, 0.6) is 0 Å². The first-order chi connectivity index (χ1) is 11.7. The van der Waals surface area contributed by atoms with Crippen LogP contribution in [0.4, 0.5) is 0 Å².